The van der Waals surface area contributed by atoms with E-state index in [1.165, 1.54) is 12.8 Å². The summed E-state index contributed by atoms with van der Waals surface area (Å²) in [7, 11) is 1.57. The van der Waals surface area contributed by atoms with Crippen LogP contribution in [0, 0.1) is 5.92 Å². The molecule has 0 aromatic heterocycles. The number of anilines is 1. The Morgan fingerprint density at radius 1 is 1.53 bits per heavy atom. The summed E-state index contributed by atoms with van der Waals surface area (Å²) in [5.41, 5.74) is 6.76. The lowest BCUT2D eigenvalue weighted by Gasteiger charge is -2.14. The minimum atomic E-state index is -0.124. The maximum absolute atomic E-state index is 12.0. The minimum absolute atomic E-state index is 0.124. The van der Waals surface area contributed by atoms with E-state index in [-0.39, 0.29) is 11.9 Å². The molecule has 92 valence electrons. The summed E-state index contributed by atoms with van der Waals surface area (Å²) in [4.78, 5) is 12.0. The third-order valence-electron chi connectivity index (χ3n) is 3.19. The van der Waals surface area contributed by atoms with Gasteiger partial charge in [0.1, 0.15) is 5.75 Å². The Hall–Kier alpha value is -1.71. The molecule has 0 radical (unpaired) electrons. The van der Waals surface area contributed by atoms with Crippen LogP contribution in [0.25, 0.3) is 0 Å². The number of rotatable bonds is 4. The van der Waals surface area contributed by atoms with Crippen LogP contribution in [-0.4, -0.2) is 19.1 Å². The zero-order valence-electron chi connectivity index (χ0n) is 10.2. The van der Waals surface area contributed by atoms with Gasteiger partial charge in [0, 0.05) is 11.7 Å². The third-order valence-corrected chi connectivity index (χ3v) is 3.19. The molecule has 1 fully saturated rings. The standard InChI is InChI=1S/C13H18N2O2/c1-8(9-3-4-9)15-13(16)11-7-10(17-2)5-6-12(11)14/h5-9H,3-4,14H2,1-2H3,(H,15,16). The van der Waals surface area contributed by atoms with E-state index in [1.807, 2.05) is 6.92 Å². The van der Waals surface area contributed by atoms with Gasteiger partial charge in [0.25, 0.3) is 5.91 Å². The number of hydrogen-bond donors (Lipinski definition) is 2. The number of carbonyl (C=O) groups is 1. The molecule has 2 rings (SSSR count). The van der Waals surface area contributed by atoms with E-state index in [0.29, 0.717) is 22.9 Å². The van der Waals surface area contributed by atoms with Gasteiger partial charge in [0.05, 0.1) is 12.7 Å². The second kappa shape index (κ2) is 4.65. The van der Waals surface area contributed by atoms with Crippen LogP contribution in [0.5, 0.6) is 5.75 Å². The molecule has 17 heavy (non-hydrogen) atoms. The molecule has 0 heterocycles. The van der Waals surface area contributed by atoms with Crippen molar-refractivity contribution in [3.8, 4) is 5.75 Å². The number of nitrogens with two attached hydrogens (primary N) is 1. The van der Waals surface area contributed by atoms with E-state index < -0.39 is 0 Å². The number of hydrogen-bond acceptors (Lipinski definition) is 3. The number of benzene rings is 1. The molecule has 4 heteroatoms. The molecule has 0 saturated heterocycles. The van der Waals surface area contributed by atoms with E-state index in [9.17, 15) is 4.79 Å². The van der Waals surface area contributed by atoms with Crippen LogP contribution in [0.15, 0.2) is 18.2 Å². The fourth-order valence-corrected chi connectivity index (χ4v) is 1.86. The Balaban J connectivity index is 2.11. The predicted octanol–water partition coefficient (Wildman–Crippen LogP) is 1.81. The molecule has 1 aromatic rings. The first-order valence-corrected chi connectivity index (χ1v) is 5.86. The van der Waals surface area contributed by atoms with E-state index in [0.717, 1.165) is 0 Å². The highest BCUT2D eigenvalue weighted by Gasteiger charge is 2.29. The largest absolute Gasteiger partial charge is 0.497 e. The summed E-state index contributed by atoms with van der Waals surface area (Å²) in [6.07, 6.45) is 2.41. The van der Waals surface area contributed by atoms with E-state index in [1.54, 1.807) is 25.3 Å². The first-order valence-electron chi connectivity index (χ1n) is 5.86. The molecule has 1 saturated carbocycles. The molecule has 1 aliphatic rings. The lowest BCUT2D eigenvalue weighted by molar-refractivity contribution is 0.0936. The average molecular weight is 234 g/mol. The maximum Gasteiger partial charge on any atom is 0.253 e. The van der Waals surface area contributed by atoms with Crippen molar-refractivity contribution in [2.45, 2.75) is 25.8 Å². The Labute approximate surface area is 101 Å². The molecule has 0 aliphatic heterocycles. The van der Waals surface area contributed by atoms with Crippen molar-refractivity contribution >= 4 is 11.6 Å². The van der Waals surface area contributed by atoms with Crippen molar-refractivity contribution in [2.75, 3.05) is 12.8 Å². The van der Waals surface area contributed by atoms with Gasteiger partial charge in [-0.15, -0.1) is 0 Å². The van der Waals surface area contributed by atoms with Crippen molar-refractivity contribution in [1.29, 1.82) is 0 Å². The first kappa shape index (κ1) is 11.8. The van der Waals surface area contributed by atoms with E-state index >= 15 is 0 Å². The fourth-order valence-electron chi connectivity index (χ4n) is 1.86. The zero-order valence-corrected chi connectivity index (χ0v) is 10.2. The third kappa shape index (κ3) is 2.70. The molecule has 1 unspecified atom stereocenters. The van der Waals surface area contributed by atoms with Crippen molar-refractivity contribution in [3.63, 3.8) is 0 Å². The normalized spacial score (nSPS) is 16.4. The molecule has 1 aliphatic carbocycles. The number of nitrogens with one attached hydrogen (secondary N) is 1. The highest BCUT2D eigenvalue weighted by Crippen LogP contribution is 2.32. The molecule has 1 aromatic carbocycles. The van der Waals surface area contributed by atoms with Crippen LogP contribution in [-0.2, 0) is 0 Å². The summed E-state index contributed by atoms with van der Waals surface area (Å²) in [6.45, 7) is 2.03. The summed E-state index contributed by atoms with van der Waals surface area (Å²) in [5.74, 6) is 1.15. The van der Waals surface area contributed by atoms with Gasteiger partial charge in [-0.1, -0.05) is 0 Å². The molecular formula is C13H18N2O2. The van der Waals surface area contributed by atoms with Gasteiger partial charge in [-0.25, -0.2) is 0 Å². The topological polar surface area (TPSA) is 64.3 Å². The predicted molar refractivity (Wildman–Crippen MR) is 67.1 cm³/mol. The number of ether oxygens (including phenoxy) is 1. The highest BCUT2D eigenvalue weighted by molar-refractivity contribution is 5.99. The Kier molecular flexibility index (Phi) is 3.22. The summed E-state index contributed by atoms with van der Waals surface area (Å²) < 4.78 is 5.09. The number of methoxy groups -OCH3 is 1. The van der Waals surface area contributed by atoms with Gasteiger partial charge >= 0.3 is 0 Å². The second-order valence-electron chi connectivity index (χ2n) is 4.55. The van der Waals surface area contributed by atoms with Crippen LogP contribution in [0.3, 0.4) is 0 Å². The van der Waals surface area contributed by atoms with Crippen LogP contribution < -0.4 is 15.8 Å². The molecule has 0 spiro atoms. The number of carbonyl (C=O) groups excluding carboxylic acids is 1. The Bertz CT molecular complexity index is 427. The van der Waals surface area contributed by atoms with Gasteiger partial charge in [-0.3, -0.25) is 4.79 Å². The lowest BCUT2D eigenvalue weighted by Crippen LogP contribution is -2.34. The maximum atomic E-state index is 12.0. The van der Waals surface area contributed by atoms with Crippen LogP contribution in [0.1, 0.15) is 30.1 Å². The molecule has 1 atom stereocenters. The minimum Gasteiger partial charge on any atom is -0.497 e. The number of nitrogen functional groups attached to an aromatic ring is 1. The Morgan fingerprint density at radius 3 is 2.82 bits per heavy atom. The van der Waals surface area contributed by atoms with Gasteiger partial charge in [-0.05, 0) is 43.9 Å². The summed E-state index contributed by atoms with van der Waals surface area (Å²) in [5, 5.41) is 2.98. The fraction of sp³-hybridized carbons (Fsp3) is 0.462. The van der Waals surface area contributed by atoms with Gasteiger partial charge in [0.2, 0.25) is 0 Å². The monoisotopic (exact) mass is 234 g/mol. The molecule has 1 amide bonds. The SMILES string of the molecule is COc1ccc(N)c(C(=O)NC(C)C2CC2)c1. The van der Waals surface area contributed by atoms with Crippen LogP contribution in [0.4, 0.5) is 5.69 Å². The molecule has 4 nitrogen and oxygen atoms in total. The molecule has 3 N–H and O–H groups in total. The zero-order chi connectivity index (χ0) is 12.4. The van der Waals surface area contributed by atoms with Crippen LogP contribution in [0.2, 0.25) is 0 Å². The van der Waals surface area contributed by atoms with Gasteiger partial charge in [0.15, 0.2) is 0 Å². The average Bonchev–Trinajstić information content (AvgIpc) is 3.13. The quantitative estimate of drug-likeness (QED) is 0.781. The summed E-state index contributed by atoms with van der Waals surface area (Å²) >= 11 is 0. The summed E-state index contributed by atoms with van der Waals surface area (Å²) in [6, 6.07) is 5.32. The smallest absolute Gasteiger partial charge is 0.253 e. The lowest BCUT2D eigenvalue weighted by atomic mass is 10.1. The molecular weight excluding hydrogens is 216 g/mol. The van der Waals surface area contributed by atoms with Gasteiger partial charge < -0.3 is 15.8 Å². The van der Waals surface area contributed by atoms with Crippen LogP contribution >= 0.6 is 0 Å². The van der Waals surface area contributed by atoms with Crippen molar-refractivity contribution < 1.29 is 9.53 Å². The van der Waals surface area contributed by atoms with Crippen molar-refractivity contribution in [3.05, 3.63) is 23.8 Å². The highest BCUT2D eigenvalue weighted by atomic mass is 16.5. The first-order chi connectivity index (χ1) is 8.11. The van der Waals surface area contributed by atoms with Crippen molar-refractivity contribution in [2.24, 2.45) is 5.92 Å². The van der Waals surface area contributed by atoms with Crippen molar-refractivity contribution in [1.82, 2.24) is 5.32 Å². The number of amides is 1. The van der Waals surface area contributed by atoms with E-state index in [4.69, 9.17) is 10.5 Å². The second-order valence-corrected chi connectivity index (χ2v) is 4.55. The molecule has 0 bridgehead atoms. The Morgan fingerprint density at radius 2 is 2.24 bits per heavy atom. The van der Waals surface area contributed by atoms with E-state index in [2.05, 4.69) is 5.32 Å². The van der Waals surface area contributed by atoms with Gasteiger partial charge in [-0.2, -0.15) is 0 Å².